The van der Waals surface area contributed by atoms with E-state index in [1.165, 1.54) is 7.11 Å². The molecule has 146 valence electrons. The molecule has 0 bridgehead atoms. The fraction of sp³-hybridized carbons (Fsp3) is 0.238. The summed E-state index contributed by atoms with van der Waals surface area (Å²) in [6.07, 6.45) is 0. The van der Waals surface area contributed by atoms with E-state index in [0.29, 0.717) is 33.5 Å². The molecule has 0 aliphatic carbocycles. The summed E-state index contributed by atoms with van der Waals surface area (Å²) >= 11 is 3.33. The van der Waals surface area contributed by atoms with Crippen molar-refractivity contribution in [2.24, 2.45) is 0 Å². The Hall–Kier alpha value is -2.64. The lowest BCUT2D eigenvalue weighted by Gasteiger charge is -2.07. The highest BCUT2D eigenvalue weighted by Gasteiger charge is 2.23. The number of rotatable bonds is 8. The van der Waals surface area contributed by atoms with Crippen LogP contribution in [0.1, 0.15) is 33.4 Å². The summed E-state index contributed by atoms with van der Waals surface area (Å²) in [5.74, 6) is -0.374. The zero-order valence-electron chi connectivity index (χ0n) is 15.5. The Kier molecular flexibility index (Phi) is 6.49. The summed E-state index contributed by atoms with van der Waals surface area (Å²) in [7, 11) is 1.54. The van der Waals surface area contributed by atoms with E-state index in [9.17, 15) is 9.59 Å². The van der Waals surface area contributed by atoms with Gasteiger partial charge in [-0.25, -0.2) is 4.79 Å². The number of carbonyl (C=O) groups excluding carboxylic acids is 2. The monoisotopic (exact) mass is 446 g/mol. The SMILES string of the molecule is CCOCc1c(C(=O)OCC(=O)c2ccc(OC)c(Br)c2)oc2ccccc12. The van der Waals surface area contributed by atoms with Gasteiger partial charge in [0.15, 0.2) is 12.4 Å². The van der Waals surface area contributed by atoms with Crippen molar-refractivity contribution in [1.82, 2.24) is 0 Å². The molecule has 0 fully saturated rings. The van der Waals surface area contributed by atoms with E-state index >= 15 is 0 Å². The predicted molar refractivity (Wildman–Crippen MR) is 107 cm³/mol. The van der Waals surface area contributed by atoms with E-state index in [2.05, 4.69) is 15.9 Å². The maximum absolute atomic E-state index is 12.5. The highest BCUT2D eigenvalue weighted by molar-refractivity contribution is 9.10. The molecule has 3 aromatic rings. The summed E-state index contributed by atoms with van der Waals surface area (Å²) in [5, 5.41) is 0.785. The highest BCUT2D eigenvalue weighted by atomic mass is 79.9. The molecule has 2 aromatic carbocycles. The van der Waals surface area contributed by atoms with Gasteiger partial charge in [-0.1, -0.05) is 18.2 Å². The first-order valence-corrected chi connectivity index (χ1v) is 9.46. The van der Waals surface area contributed by atoms with Crippen LogP contribution in [0.5, 0.6) is 5.75 Å². The van der Waals surface area contributed by atoms with Crippen LogP contribution < -0.4 is 4.74 Å². The second kappa shape index (κ2) is 9.03. The Bertz CT molecular complexity index is 1010. The quantitative estimate of drug-likeness (QED) is 0.366. The van der Waals surface area contributed by atoms with Crippen molar-refractivity contribution in [2.75, 3.05) is 20.3 Å². The predicted octanol–water partition coefficient (Wildman–Crippen LogP) is 4.78. The van der Waals surface area contributed by atoms with Gasteiger partial charge in [0.2, 0.25) is 5.76 Å². The molecule has 0 aliphatic heterocycles. The number of Topliss-reactive ketones (excluding diaryl/α,β-unsaturated/α-hetero) is 1. The Labute approximate surface area is 170 Å². The number of ether oxygens (including phenoxy) is 3. The molecule has 0 atom stereocenters. The van der Waals surface area contributed by atoms with Gasteiger partial charge in [0.25, 0.3) is 0 Å². The van der Waals surface area contributed by atoms with Gasteiger partial charge >= 0.3 is 5.97 Å². The first kappa shape index (κ1) is 20.1. The van der Waals surface area contributed by atoms with Crippen LogP contribution in [-0.2, 0) is 16.1 Å². The molecular weight excluding hydrogens is 428 g/mol. The third-order valence-corrected chi connectivity index (χ3v) is 4.76. The molecule has 7 heteroatoms. The molecule has 0 N–H and O–H groups in total. The Morgan fingerprint density at radius 1 is 1.14 bits per heavy atom. The minimum Gasteiger partial charge on any atom is -0.496 e. The third-order valence-electron chi connectivity index (χ3n) is 4.14. The number of carbonyl (C=O) groups is 2. The van der Waals surface area contributed by atoms with E-state index in [4.69, 9.17) is 18.6 Å². The van der Waals surface area contributed by atoms with Crippen molar-refractivity contribution in [2.45, 2.75) is 13.5 Å². The average Bonchev–Trinajstić information content (AvgIpc) is 3.08. The molecule has 0 amide bonds. The number of halogens is 1. The number of hydrogen-bond donors (Lipinski definition) is 0. The number of furan rings is 1. The van der Waals surface area contributed by atoms with Crippen LogP contribution in [0.25, 0.3) is 11.0 Å². The van der Waals surface area contributed by atoms with Gasteiger partial charge < -0.3 is 18.6 Å². The van der Waals surface area contributed by atoms with Crippen LogP contribution in [0, 0.1) is 0 Å². The van der Waals surface area contributed by atoms with Gasteiger partial charge in [-0.3, -0.25) is 4.79 Å². The molecule has 3 rings (SSSR count). The molecule has 0 aliphatic rings. The number of hydrogen-bond acceptors (Lipinski definition) is 6. The van der Waals surface area contributed by atoms with Crippen LogP contribution in [-0.4, -0.2) is 32.1 Å². The van der Waals surface area contributed by atoms with Gasteiger partial charge in [-0.05, 0) is 47.1 Å². The molecule has 0 saturated heterocycles. The summed E-state index contributed by atoms with van der Waals surface area (Å²) in [6, 6.07) is 12.2. The highest BCUT2D eigenvalue weighted by Crippen LogP contribution is 2.28. The van der Waals surface area contributed by atoms with E-state index in [-0.39, 0.29) is 18.2 Å². The topological polar surface area (TPSA) is 75.0 Å². The van der Waals surface area contributed by atoms with Crippen molar-refractivity contribution in [1.29, 1.82) is 0 Å². The Morgan fingerprint density at radius 2 is 1.93 bits per heavy atom. The molecule has 0 unspecified atom stereocenters. The molecule has 1 aromatic heterocycles. The van der Waals surface area contributed by atoms with Gasteiger partial charge in [0, 0.05) is 23.1 Å². The normalized spacial score (nSPS) is 10.8. The minimum absolute atomic E-state index is 0.0540. The zero-order chi connectivity index (χ0) is 20.1. The van der Waals surface area contributed by atoms with Crippen molar-refractivity contribution in [3.63, 3.8) is 0 Å². The Balaban J connectivity index is 1.76. The van der Waals surface area contributed by atoms with Crippen LogP contribution in [0.4, 0.5) is 0 Å². The van der Waals surface area contributed by atoms with Gasteiger partial charge in [0.1, 0.15) is 11.3 Å². The van der Waals surface area contributed by atoms with E-state index < -0.39 is 12.6 Å². The van der Waals surface area contributed by atoms with Crippen LogP contribution in [0.3, 0.4) is 0 Å². The van der Waals surface area contributed by atoms with E-state index in [1.807, 2.05) is 25.1 Å². The number of methoxy groups -OCH3 is 1. The fourth-order valence-electron chi connectivity index (χ4n) is 2.73. The van der Waals surface area contributed by atoms with Crippen LogP contribution in [0.15, 0.2) is 51.4 Å². The van der Waals surface area contributed by atoms with Crippen LogP contribution >= 0.6 is 15.9 Å². The smallest absolute Gasteiger partial charge is 0.375 e. The average molecular weight is 447 g/mol. The standard InChI is InChI=1S/C21H19BrO6/c1-3-26-11-15-14-6-4-5-7-18(14)28-20(15)21(24)27-12-17(23)13-8-9-19(25-2)16(22)10-13/h4-10H,3,11-12H2,1-2H3. The third kappa shape index (κ3) is 4.26. The fourth-order valence-corrected chi connectivity index (χ4v) is 3.27. The minimum atomic E-state index is -0.702. The first-order valence-electron chi connectivity index (χ1n) is 8.67. The van der Waals surface area contributed by atoms with Crippen LogP contribution in [0.2, 0.25) is 0 Å². The zero-order valence-corrected chi connectivity index (χ0v) is 17.1. The van der Waals surface area contributed by atoms with Crippen molar-refractivity contribution < 1.29 is 28.2 Å². The van der Waals surface area contributed by atoms with E-state index in [1.54, 1.807) is 24.3 Å². The molecule has 0 radical (unpaired) electrons. The second-order valence-corrected chi connectivity index (χ2v) is 6.75. The maximum atomic E-state index is 12.5. The van der Waals surface area contributed by atoms with Crippen molar-refractivity contribution in [3.8, 4) is 5.75 Å². The number of benzene rings is 2. The van der Waals surface area contributed by atoms with Gasteiger partial charge in [0.05, 0.1) is 18.2 Å². The summed E-state index contributed by atoms with van der Waals surface area (Å²) in [6.45, 7) is 2.19. The number of para-hydroxylation sites is 1. The number of fused-ring (bicyclic) bond motifs is 1. The lowest BCUT2D eigenvalue weighted by atomic mass is 10.1. The van der Waals surface area contributed by atoms with Gasteiger partial charge in [-0.15, -0.1) is 0 Å². The molecule has 0 spiro atoms. The first-order chi connectivity index (χ1) is 13.5. The van der Waals surface area contributed by atoms with Crippen molar-refractivity contribution >= 4 is 38.7 Å². The van der Waals surface area contributed by atoms with E-state index in [0.717, 1.165) is 5.39 Å². The summed E-state index contributed by atoms with van der Waals surface area (Å²) < 4.78 is 22.1. The lowest BCUT2D eigenvalue weighted by molar-refractivity contribution is 0.0439. The molecule has 6 nitrogen and oxygen atoms in total. The second-order valence-electron chi connectivity index (χ2n) is 5.89. The molecule has 1 heterocycles. The van der Waals surface area contributed by atoms with Crippen molar-refractivity contribution in [3.05, 3.63) is 63.8 Å². The summed E-state index contributed by atoms with van der Waals surface area (Å²) in [4.78, 5) is 24.9. The Morgan fingerprint density at radius 3 is 2.64 bits per heavy atom. The summed E-state index contributed by atoms with van der Waals surface area (Å²) in [5.41, 5.74) is 1.58. The molecule has 0 saturated carbocycles. The molecular formula is C21H19BrO6. The largest absolute Gasteiger partial charge is 0.496 e. The lowest BCUT2D eigenvalue weighted by Crippen LogP contribution is -2.15. The number of ketones is 1. The van der Waals surface area contributed by atoms with Gasteiger partial charge in [-0.2, -0.15) is 0 Å². The maximum Gasteiger partial charge on any atom is 0.375 e. The number of esters is 1. The molecule has 28 heavy (non-hydrogen) atoms.